The lowest BCUT2D eigenvalue weighted by atomic mass is 10.0. The molecule has 0 radical (unpaired) electrons. The second-order valence-corrected chi connectivity index (χ2v) is 9.48. The molecule has 2 N–H and O–H groups in total. The molecule has 3 fully saturated rings. The van der Waals surface area contributed by atoms with Crippen molar-refractivity contribution in [1.82, 2.24) is 15.1 Å². The van der Waals surface area contributed by atoms with Crippen LogP contribution < -0.4 is 10.6 Å². The van der Waals surface area contributed by atoms with E-state index in [1.54, 1.807) is 12.1 Å². The lowest BCUT2D eigenvalue weighted by Gasteiger charge is -2.33. The molecular weight excluding hydrogens is 400 g/mol. The number of piperidine rings is 1. The third-order valence-corrected chi connectivity index (χ3v) is 7.17. The summed E-state index contributed by atoms with van der Waals surface area (Å²) in [7, 11) is 0. The van der Waals surface area contributed by atoms with Crippen molar-refractivity contribution >= 4 is 34.6 Å². The van der Waals surface area contributed by atoms with E-state index >= 15 is 0 Å². The fraction of sp³-hybridized carbons (Fsp3) is 0.591. The Kier molecular flexibility index (Phi) is 6.94. The predicted molar refractivity (Wildman–Crippen MR) is 118 cm³/mol. The Bertz CT molecular complexity index is 755. The highest BCUT2D eigenvalue weighted by Gasteiger charge is 2.29. The first-order valence-electron chi connectivity index (χ1n) is 10.9. The Morgan fingerprint density at radius 2 is 1.73 bits per heavy atom. The Labute approximate surface area is 181 Å². The number of urea groups is 1. The van der Waals surface area contributed by atoms with Crippen LogP contribution in [-0.4, -0.2) is 58.4 Å². The SMILES string of the molecule is O=C(Nc1ccc(CN2C(=O)CSC2=O)cc1)NC1CCN(CC2CCCC2)CC1. The fourth-order valence-electron chi connectivity index (χ4n) is 4.58. The number of hydrogen-bond donors (Lipinski definition) is 2. The van der Waals surface area contributed by atoms with Gasteiger partial charge in [0.2, 0.25) is 5.91 Å². The summed E-state index contributed by atoms with van der Waals surface area (Å²) in [5.74, 6) is 0.945. The maximum atomic E-state index is 12.4. The van der Waals surface area contributed by atoms with E-state index in [-0.39, 0.29) is 35.5 Å². The molecule has 0 spiro atoms. The van der Waals surface area contributed by atoms with Crippen molar-refractivity contribution in [3.05, 3.63) is 29.8 Å². The number of carbonyl (C=O) groups is 3. The number of rotatable bonds is 6. The fourth-order valence-corrected chi connectivity index (χ4v) is 5.31. The number of anilines is 1. The molecule has 0 bridgehead atoms. The first kappa shape index (κ1) is 21.2. The van der Waals surface area contributed by atoms with Crippen LogP contribution >= 0.6 is 11.8 Å². The maximum Gasteiger partial charge on any atom is 0.319 e. The van der Waals surface area contributed by atoms with Gasteiger partial charge in [0, 0.05) is 31.4 Å². The van der Waals surface area contributed by atoms with Crippen LogP contribution in [0.3, 0.4) is 0 Å². The summed E-state index contributed by atoms with van der Waals surface area (Å²) < 4.78 is 0. The van der Waals surface area contributed by atoms with Crippen LogP contribution in [0.1, 0.15) is 44.1 Å². The molecule has 162 valence electrons. The Hall–Kier alpha value is -2.06. The van der Waals surface area contributed by atoms with E-state index in [4.69, 9.17) is 0 Å². The monoisotopic (exact) mass is 430 g/mol. The van der Waals surface area contributed by atoms with Gasteiger partial charge in [-0.15, -0.1) is 0 Å². The molecule has 1 aromatic carbocycles. The van der Waals surface area contributed by atoms with Crippen LogP contribution in [0, 0.1) is 5.92 Å². The Morgan fingerprint density at radius 1 is 1.03 bits per heavy atom. The van der Waals surface area contributed by atoms with Gasteiger partial charge in [-0.2, -0.15) is 0 Å². The molecule has 0 unspecified atom stereocenters. The zero-order chi connectivity index (χ0) is 20.9. The molecule has 8 heteroatoms. The quantitative estimate of drug-likeness (QED) is 0.720. The molecule has 1 aliphatic carbocycles. The van der Waals surface area contributed by atoms with Crippen molar-refractivity contribution in [2.45, 2.75) is 51.1 Å². The van der Waals surface area contributed by atoms with Crippen molar-refractivity contribution in [1.29, 1.82) is 0 Å². The van der Waals surface area contributed by atoms with Crippen molar-refractivity contribution in [2.75, 3.05) is 30.7 Å². The first-order chi connectivity index (χ1) is 14.6. The molecule has 1 aromatic rings. The largest absolute Gasteiger partial charge is 0.335 e. The molecule has 30 heavy (non-hydrogen) atoms. The highest BCUT2D eigenvalue weighted by atomic mass is 32.2. The van der Waals surface area contributed by atoms with E-state index in [9.17, 15) is 14.4 Å². The van der Waals surface area contributed by atoms with Gasteiger partial charge in [-0.05, 0) is 49.3 Å². The maximum absolute atomic E-state index is 12.4. The van der Waals surface area contributed by atoms with E-state index in [2.05, 4.69) is 15.5 Å². The van der Waals surface area contributed by atoms with Crippen LogP contribution in [0.2, 0.25) is 0 Å². The molecule has 2 heterocycles. The first-order valence-corrected chi connectivity index (χ1v) is 11.9. The van der Waals surface area contributed by atoms with Gasteiger partial charge in [0.05, 0.1) is 12.3 Å². The van der Waals surface area contributed by atoms with Gasteiger partial charge in [-0.3, -0.25) is 14.5 Å². The Morgan fingerprint density at radius 3 is 2.37 bits per heavy atom. The third kappa shape index (κ3) is 5.55. The van der Waals surface area contributed by atoms with Crippen molar-refractivity contribution in [3.63, 3.8) is 0 Å². The zero-order valence-electron chi connectivity index (χ0n) is 17.3. The van der Waals surface area contributed by atoms with Crippen LogP contribution in [-0.2, 0) is 11.3 Å². The smallest absolute Gasteiger partial charge is 0.319 e. The number of thioether (sulfide) groups is 1. The average molecular weight is 431 g/mol. The molecule has 1 saturated carbocycles. The second-order valence-electron chi connectivity index (χ2n) is 8.56. The molecule has 2 saturated heterocycles. The Balaban J connectivity index is 1.19. The summed E-state index contributed by atoms with van der Waals surface area (Å²) in [6, 6.07) is 7.31. The van der Waals surface area contributed by atoms with Crippen LogP contribution in [0.5, 0.6) is 0 Å². The number of nitrogens with zero attached hydrogens (tertiary/aromatic N) is 2. The van der Waals surface area contributed by atoms with Crippen LogP contribution in [0.4, 0.5) is 15.3 Å². The minimum atomic E-state index is -0.198. The summed E-state index contributed by atoms with van der Waals surface area (Å²) in [5.41, 5.74) is 1.56. The van der Waals surface area contributed by atoms with Crippen molar-refractivity contribution in [2.24, 2.45) is 5.92 Å². The summed E-state index contributed by atoms with van der Waals surface area (Å²) >= 11 is 1.04. The van der Waals surface area contributed by atoms with Gasteiger partial charge < -0.3 is 15.5 Å². The summed E-state index contributed by atoms with van der Waals surface area (Å²) in [5, 5.41) is 5.77. The molecule has 7 nitrogen and oxygen atoms in total. The van der Waals surface area contributed by atoms with E-state index in [1.807, 2.05) is 12.1 Å². The molecule has 4 rings (SSSR count). The standard InChI is InChI=1S/C22H30N4O3S/c27-20-15-30-22(29)26(20)14-17-5-7-18(8-6-17)23-21(28)24-19-9-11-25(12-10-19)13-16-3-1-2-4-16/h5-8,16,19H,1-4,9-15H2,(H2,23,24,28). The highest BCUT2D eigenvalue weighted by Crippen LogP contribution is 2.26. The molecule has 2 aliphatic heterocycles. The lowest BCUT2D eigenvalue weighted by Crippen LogP contribution is -2.46. The van der Waals surface area contributed by atoms with E-state index in [1.165, 1.54) is 37.1 Å². The number of hydrogen-bond acceptors (Lipinski definition) is 5. The van der Waals surface area contributed by atoms with Crippen molar-refractivity contribution in [3.8, 4) is 0 Å². The second kappa shape index (κ2) is 9.83. The van der Waals surface area contributed by atoms with Crippen LogP contribution in [0.15, 0.2) is 24.3 Å². The molecule has 3 aliphatic rings. The lowest BCUT2D eigenvalue weighted by molar-refractivity contribution is -0.125. The number of carbonyl (C=O) groups excluding carboxylic acids is 3. The minimum Gasteiger partial charge on any atom is -0.335 e. The third-order valence-electron chi connectivity index (χ3n) is 6.31. The van der Waals surface area contributed by atoms with Gasteiger partial charge in [0.1, 0.15) is 0 Å². The highest BCUT2D eigenvalue weighted by molar-refractivity contribution is 8.14. The average Bonchev–Trinajstić information content (AvgIpc) is 3.36. The molecule has 4 amide bonds. The molecule has 0 aromatic heterocycles. The van der Waals surface area contributed by atoms with Gasteiger partial charge >= 0.3 is 6.03 Å². The predicted octanol–water partition coefficient (Wildman–Crippen LogP) is 3.66. The van der Waals surface area contributed by atoms with Gasteiger partial charge in [-0.25, -0.2) is 4.79 Å². The van der Waals surface area contributed by atoms with Crippen molar-refractivity contribution < 1.29 is 14.4 Å². The van der Waals surface area contributed by atoms with E-state index < -0.39 is 0 Å². The van der Waals surface area contributed by atoms with Gasteiger partial charge in [-0.1, -0.05) is 36.7 Å². The number of likely N-dealkylation sites (tertiary alicyclic amines) is 1. The summed E-state index contributed by atoms with van der Waals surface area (Å²) in [4.78, 5) is 39.6. The van der Waals surface area contributed by atoms with E-state index in [0.717, 1.165) is 49.2 Å². The minimum absolute atomic E-state index is 0.152. The molecular formula is C22H30N4O3S. The van der Waals surface area contributed by atoms with Crippen LogP contribution in [0.25, 0.3) is 0 Å². The summed E-state index contributed by atoms with van der Waals surface area (Å²) in [6.07, 6.45) is 7.52. The topological polar surface area (TPSA) is 81.8 Å². The van der Waals surface area contributed by atoms with E-state index in [0.29, 0.717) is 5.69 Å². The number of nitrogens with one attached hydrogen (secondary N) is 2. The summed E-state index contributed by atoms with van der Waals surface area (Å²) in [6.45, 7) is 3.61. The number of amides is 4. The molecule has 0 atom stereocenters. The van der Waals surface area contributed by atoms with Gasteiger partial charge in [0.15, 0.2) is 0 Å². The van der Waals surface area contributed by atoms with Gasteiger partial charge in [0.25, 0.3) is 5.24 Å². The number of benzene rings is 1. The zero-order valence-corrected chi connectivity index (χ0v) is 18.1. The normalized spacial score (nSPS) is 21.4. The number of imide groups is 1.